The number of aromatic nitrogens is 2. The van der Waals surface area contributed by atoms with E-state index in [1.165, 1.54) is 18.6 Å². The second kappa shape index (κ2) is 10.7. The van der Waals surface area contributed by atoms with Crippen LogP contribution in [-0.2, 0) is 17.9 Å². The molecule has 0 atom stereocenters. The van der Waals surface area contributed by atoms with Crippen molar-refractivity contribution < 1.29 is 9.18 Å². The normalized spacial score (nSPS) is 14.6. The van der Waals surface area contributed by atoms with Gasteiger partial charge in [-0.25, -0.2) is 9.37 Å². The third-order valence-electron chi connectivity index (χ3n) is 6.44. The van der Waals surface area contributed by atoms with Crippen molar-refractivity contribution in [2.45, 2.75) is 58.2 Å². The summed E-state index contributed by atoms with van der Waals surface area (Å²) in [5.41, 5.74) is 1.41. The lowest BCUT2D eigenvalue weighted by Gasteiger charge is -2.36. The molecule has 33 heavy (non-hydrogen) atoms. The van der Waals surface area contributed by atoms with E-state index in [1.807, 2.05) is 34.9 Å². The molecule has 2 aromatic carbocycles. The molecule has 1 aromatic heterocycles. The molecule has 3 aromatic rings. The van der Waals surface area contributed by atoms with E-state index in [-0.39, 0.29) is 29.9 Å². The largest absolute Gasteiger partial charge is 0.334 e. The number of carbonyl (C=O) groups is 1. The third-order valence-corrected chi connectivity index (χ3v) is 6.44. The first-order chi connectivity index (χ1) is 16.0. The van der Waals surface area contributed by atoms with Crippen LogP contribution < -0.4 is 5.56 Å². The van der Waals surface area contributed by atoms with Crippen LogP contribution in [0.15, 0.2) is 53.3 Å². The minimum Gasteiger partial charge on any atom is -0.334 e. The molecule has 0 aliphatic heterocycles. The molecule has 1 amide bonds. The minimum absolute atomic E-state index is 0.0520. The summed E-state index contributed by atoms with van der Waals surface area (Å²) in [4.78, 5) is 37.3. The first-order valence-corrected chi connectivity index (χ1v) is 11.8. The van der Waals surface area contributed by atoms with E-state index in [0.717, 1.165) is 31.2 Å². The fourth-order valence-electron chi connectivity index (χ4n) is 4.58. The van der Waals surface area contributed by atoms with E-state index in [2.05, 4.69) is 9.97 Å². The Bertz CT molecular complexity index is 1140. The molecule has 0 bridgehead atoms. The smallest absolute Gasteiger partial charge is 0.258 e. The summed E-state index contributed by atoms with van der Waals surface area (Å²) in [6, 6.07) is 13.8. The summed E-state index contributed by atoms with van der Waals surface area (Å²) >= 11 is 0. The molecule has 0 saturated heterocycles. The van der Waals surface area contributed by atoms with E-state index in [4.69, 9.17) is 0 Å². The lowest BCUT2D eigenvalue weighted by Crippen LogP contribution is -2.46. The zero-order chi connectivity index (χ0) is 23.2. The van der Waals surface area contributed by atoms with Crippen molar-refractivity contribution in [1.82, 2.24) is 19.8 Å². The molecule has 1 heterocycles. The summed E-state index contributed by atoms with van der Waals surface area (Å²) in [6.07, 6.45) is 5.45. The number of amides is 1. The Hall–Kier alpha value is -3.06. The number of fused-ring (bicyclic) bond motifs is 1. The van der Waals surface area contributed by atoms with Crippen LogP contribution >= 0.6 is 0 Å². The maximum atomic E-state index is 13.5. The highest BCUT2D eigenvalue weighted by Crippen LogP contribution is 2.24. The number of benzene rings is 2. The predicted octanol–water partition coefficient (Wildman–Crippen LogP) is 4.25. The van der Waals surface area contributed by atoms with Gasteiger partial charge in [0.05, 0.1) is 24.0 Å². The molecule has 1 aliphatic carbocycles. The lowest BCUT2D eigenvalue weighted by atomic mass is 9.93. The fraction of sp³-hybridized carbons (Fsp3) is 0.423. The van der Waals surface area contributed by atoms with Gasteiger partial charge >= 0.3 is 0 Å². The zero-order valence-corrected chi connectivity index (χ0v) is 19.1. The number of halogens is 1. The minimum atomic E-state index is -0.275. The molecule has 7 heteroatoms. The van der Waals surface area contributed by atoms with Gasteiger partial charge in [-0.2, -0.15) is 0 Å². The Kier molecular flexibility index (Phi) is 7.50. The summed E-state index contributed by atoms with van der Waals surface area (Å²) in [5.74, 6) is 0.329. The van der Waals surface area contributed by atoms with Crippen molar-refractivity contribution in [3.63, 3.8) is 0 Å². The molecular formula is C26H31FN4O2. The van der Waals surface area contributed by atoms with Crippen LogP contribution in [0.3, 0.4) is 0 Å². The van der Waals surface area contributed by atoms with Gasteiger partial charge in [0.2, 0.25) is 5.91 Å². The number of carbonyl (C=O) groups excluding carboxylic acids is 1. The van der Waals surface area contributed by atoms with Gasteiger partial charge in [0.25, 0.3) is 5.56 Å². The van der Waals surface area contributed by atoms with Crippen molar-refractivity contribution in [1.29, 1.82) is 0 Å². The third kappa shape index (κ3) is 5.85. The van der Waals surface area contributed by atoms with Crippen LogP contribution in [0.25, 0.3) is 10.9 Å². The van der Waals surface area contributed by atoms with Gasteiger partial charge in [0.15, 0.2) is 0 Å². The van der Waals surface area contributed by atoms with Gasteiger partial charge in [0, 0.05) is 12.6 Å². The number of hydrogen-bond acceptors (Lipinski definition) is 4. The van der Waals surface area contributed by atoms with Crippen LogP contribution in [0.5, 0.6) is 0 Å². The standard InChI is InChI=1S/C26H31FN4O2/c1-2-30(17-24-28-23-11-7-6-10-22(23)26(33)29-24)18-25(32)31(21-8-4-3-5-9-21)16-19-12-14-20(27)15-13-19/h6-7,10-15,21H,2-5,8-9,16-18H2,1H3,(H,28,29,33). The predicted molar refractivity (Wildman–Crippen MR) is 127 cm³/mol. The van der Waals surface area contributed by atoms with Gasteiger partial charge in [-0.1, -0.05) is 50.5 Å². The van der Waals surface area contributed by atoms with Crippen molar-refractivity contribution in [2.75, 3.05) is 13.1 Å². The molecule has 0 spiro atoms. The molecule has 1 saturated carbocycles. The molecule has 0 radical (unpaired) electrons. The molecule has 1 fully saturated rings. The number of H-pyrrole nitrogens is 1. The molecule has 174 valence electrons. The highest BCUT2D eigenvalue weighted by atomic mass is 19.1. The summed E-state index contributed by atoms with van der Waals surface area (Å²) in [5, 5.41) is 0.558. The number of nitrogens with one attached hydrogen (secondary N) is 1. The molecule has 1 aliphatic rings. The van der Waals surface area contributed by atoms with Crippen LogP contribution in [0.1, 0.15) is 50.4 Å². The number of likely N-dealkylation sites (N-methyl/N-ethyl adjacent to an activating group) is 1. The quantitative estimate of drug-likeness (QED) is 0.557. The topological polar surface area (TPSA) is 69.3 Å². The highest BCUT2D eigenvalue weighted by Gasteiger charge is 2.27. The second-order valence-electron chi connectivity index (χ2n) is 8.77. The number of rotatable bonds is 8. The van der Waals surface area contributed by atoms with Gasteiger partial charge < -0.3 is 9.88 Å². The van der Waals surface area contributed by atoms with Gasteiger partial charge in [-0.15, -0.1) is 0 Å². The van der Waals surface area contributed by atoms with Crippen LogP contribution in [0.2, 0.25) is 0 Å². The van der Waals surface area contributed by atoms with E-state index >= 15 is 0 Å². The lowest BCUT2D eigenvalue weighted by molar-refractivity contribution is -0.136. The molecule has 1 N–H and O–H groups in total. The van der Waals surface area contributed by atoms with Gasteiger partial charge in [-0.05, 0) is 49.2 Å². The van der Waals surface area contributed by atoms with Crippen LogP contribution in [0, 0.1) is 5.82 Å². The molecule has 6 nitrogen and oxygen atoms in total. The van der Waals surface area contributed by atoms with Crippen molar-refractivity contribution >= 4 is 16.8 Å². The maximum Gasteiger partial charge on any atom is 0.258 e. The SMILES string of the molecule is CCN(CC(=O)N(Cc1ccc(F)cc1)C1CCCCC1)Cc1nc2ccccc2c(=O)[nH]1. The highest BCUT2D eigenvalue weighted by molar-refractivity contribution is 5.79. The average molecular weight is 451 g/mol. The van der Waals surface area contributed by atoms with E-state index < -0.39 is 0 Å². The summed E-state index contributed by atoms with van der Waals surface area (Å²) in [7, 11) is 0. The first-order valence-electron chi connectivity index (χ1n) is 11.8. The maximum absolute atomic E-state index is 13.5. The van der Waals surface area contributed by atoms with Crippen LogP contribution in [-0.4, -0.2) is 44.8 Å². The monoisotopic (exact) mass is 450 g/mol. The van der Waals surface area contributed by atoms with E-state index in [9.17, 15) is 14.0 Å². The van der Waals surface area contributed by atoms with E-state index in [0.29, 0.717) is 36.4 Å². The Morgan fingerprint density at radius 1 is 1.06 bits per heavy atom. The number of para-hydroxylation sites is 1. The number of hydrogen-bond donors (Lipinski definition) is 1. The molecule has 0 unspecified atom stereocenters. The van der Waals surface area contributed by atoms with Crippen molar-refractivity contribution in [3.8, 4) is 0 Å². The van der Waals surface area contributed by atoms with Gasteiger partial charge in [-0.3, -0.25) is 14.5 Å². The summed E-state index contributed by atoms with van der Waals surface area (Å²) in [6.45, 7) is 3.75. The second-order valence-corrected chi connectivity index (χ2v) is 8.77. The zero-order valence-electron chi connectivity index (χ0n) is 19.1. The van der Waals surface area contributed by atoms with E-state index in [1.54, 1.807) is 18.2 Å². The van der Waals surface area contributed by atoms with Crippen molar-refractivity contribution in [2.24, 2.45) is 0 Å². The number of aromatic amines is 1. The fourth-order valence-corrected chi connectivity index (χ4v) is 4.58. The Morgan fingerprint density at radius 2 is 1.79 bits per heavy atom. The van der Waals surface area contributed by atoms with Crippen LogP contribution in [0.4, 0.5) is 4.39 Å². The van der Waals surface area contributed by atoms with Gasteiger partial charge in [0.1, 0.15) is 11.6 Å². The Morgan fingerprint density at radius 3 is 2.52 bits per heavy atom. The first kappa shape index (κ1) is 23.1. The Labute approximate surface area is 193 Å². The summed E-state index contributed by atoms with van der Waals surface area (Å²) < 4.78 is 13.4. The van der Waals surface area contributed by atoms with Crippen molar-refractivity contribution in [3.05, 3.63) is 76.1 Å². The molecular weight excluding hydrogens is 419 g/mol. The average Bonchev–Trinajstić information content (AvgIpc) is 2.83. The molecule has 4 rings (SSSR count). The number of nitrogens with zero attached hydrogens (tertiary/aromatic N) is 3. The Balaban J connectivity index is 1.50.